The first kappa shape index (κ1) is 33.5. The molecule has 3 heterocycles. The fraction of sp³-hybridized carbons (Fsp3) is 0. The smallest absolute Gasteiger partial charge is 0.162 e. The van der Waals surface area contributed by atoms with Crippen molar-refractivity contribution in [3.05, 3.63) is 206 Å². The van der Waals surface area contributed by atoms with E-state index in [1.165, 1.54) is 86.4 Å². The Balaban J connectivity index is 1.06. The van der Waals surface area contributed by atoms with Crippen molar-refractivity contribution in [2.24, 2.45) is 0 Å². The van der Waals surface area contributed by atoms with Crippen LogP contribution in [0.1, 0.15) is 0 Å². The van der Waals surface area contributed by atoms with Gasteiger partial charge < -0.3 is 4.57 Å². The first-order valence-electron chi connectivity index (χ1n) is 21.2. The second kappa shape index (κ2) is 12.6. The zero-order chi connectivity index (χ0) is 40.5. The summed E-state index contributed by atoms with van der Waals surface area (Å²) in [7, 11) is 0. The Morgan fingerprint density at radius 1 is 0.290 bits per heavy atom. The Morgan fingerprint density at radius 3 is 1.63 bits per heavy atom. The van der Waals surface area contributed by atoms with Gasteiger partial charge in [0.1, 0.15) is 5.82 Å². The third-order valence-electron chi connectivity index (χ3n) is 13.2. The molecule has 286 valence electrons. The van der Waals surface area contributed by atoms with E-state index in [1.807, 2.05) is 0 Å². The second-order valence-corrected chi connectivity index (χ2v) is 16.5. The van der Waals surface area contributed by atoms with Crippen LogP contribution in [0.15, 0.2) is 206 Å². The summed E-state index contributed by atoms with van der Waals surface area (Å²) >= 11 is 0. The van der Waals surface area contributed by atoms with Gasteiger partial charge in [0.05, 0.1) is 27.6 Å². The van der Waals surface area contributed by atoms with Crippen LogP contribution in [0.3, 0.4) is 0 Å². The van der Waals surface area contributed by atoms with Gasteiger partial charge in [-0.15, -0.1) is 0 Å². The predicted molar refractivity (Wildman–Crippen MR) is 261 cm³/mol. The molecule has 0 spiro atoms. The molecule has 0 saturated heterocycles. The molecular formula is C58H34N4. The molecule has 14 aromatic rings. The molecule has 3 aromatic heterocycles. The van der Waals surface area contributed by atoms with Crippen molar-refractivity contribution in [2.75, 3.05) is 0 Å². The highest BCUT2D eigenvalue weighted by atomic mass is 15.1. The summed E-state index contributed by atoms with van der Waals surface area (Å²) < 4.78 is 4.83. The lowest BCUT2D eigenvalue weighted by Crippen LogP contribution is -2.03. The molecule has 0 amide bonds. The number of aromatic nitrogens is 4. The quantitative estimate of drug-likeness (QED) is 0.167. The minimum Gasteiger partial charge on any atom is -0.309 e. The first-order valence-corrected chi connectivity index (χ1v) is 21.2. The van der Waals surface area contributed by atoms with Crippen LogP contribution in [0.4, 0.5) is 0 Å². The Bertz CT molecular complexity index is 4190. The van der Waals surface area contributed by atoms with Crippen molar-refractivity contribution < 1.29 is 0 Å². The molecule has 4 nitrogen and oxygen atoms in total. The largest absolute Gasteiger partial charge is 0.309 e. The maximum atomic E-state index is 5.58. The molecule has 0 aliphatic carbocycles. The Hall–Kier alpha value is -8.34. The summed E-state index contributed by atoms with van der Waals surface area (Å²) in [6.45, 7) is 0. The van der Waals surface area contributed by atoms with E-state index in [2.05, 4.69) is 215 Å². The number of nitrogens with zero attached hydrogens (tertiary/aromatic N) is 4. The van der Waals surface area contributed by atoms with Gasteiger partial charge in [-0.2, -0.15) is 0 Å². The molecule has 0 fully saturated rings. The lowest BCUT2D eigenvalue weighted by atomic mass is 9.93. The number of benzene rings is 11. The van der Waals surface area contributed by atoms with E-state index in [9.17, 15) is 0 Å². The number of fused-ring (bicyclic) bond motifs is 16. The van der Waals surface area contributed by atoms with E-state index in [-0.39, 0.29) is 0 Å². The zero-order valence-electron chi connectivity index (χ0n) is 33.4. The van der Waals surface area contributed by atoms with Gasteiger partial charge in [0, 0.05) is 43.6 Å². The molecule has 0 N–H and O–H groups in total. The van der Waals surface area contributed by atoms with Gasteiger partial charge in [-0.25, -0.2) is 9.97 Å². The van der Waals surface area contributed by atoms with Crippen molar-refractivity contribution in [1.29, 1.82) is 0 Å². The van der Waals surface area contributed by atoms with Crippen LogP contribution in [0.25, 0.3) is 131 Å². The third kappa shape index (κ3) is 4.66. The summed E-state index contributed by atoms with van der Waals surface area (Å²) in [6.07, 6.45) is 0. The van der Waals surface area contributed by atoms with Gasteiger partial charge in [-0.05, 0) is 103 Å². The predicted octanol–water partition coefficient (Wildman–Crippen LogP) is 15.3. The molecule has 11 aromatic carbocycles. The Morgan fingerprint density at radius 2 is 0.855 bits per heavy atom. The number of hydrogen-bond acceptors (Lipinski definition) is 2. The topological polar surface area (TPSA) is 35.6 Å². The van der Waals surface area contributed by atoms with Crippen molar-refractivity contribution in [3.63, 3.8) is 0 Å². The van der Waals surface area contributed by atoms with Crippen LogP contribution >= 0.6 is 0 Å². The van der Waals surface area contributed by atoms with E-state index in [0.717, 1.165) is 39.0 Å². The first-order chi connectivity index (χ1) is 30.7. The second-order valence-electron chi connectivity index (χ2n) is 16.5. The molecule has 4 heteroatoms. The molecule has 0 aliphatic rings. The summed E-state index contributed by atoms with van der Waals surface area (Å²) in [5.41, 5.74) is 7.62. The molecule has 0 aliphatic heterocycles. The summed E-state index contributed by atoms with van der Waals surface area (Å²) in [6, 6.07) is 75.0. The molecule has 0 radical (unpaired) electrons. The minimum atomic E-state index is 0.697. The van der Waals surface area contributed by atoms with Gasteiger partial charge in [-0.1, -0.05) is 152 Å². The monoisotopic (exact) mass is 786 g/mol. The fourth-order valence-corrected chi connectivity index (χ4v) is 10.5. The lowest BCUT2D eigenvalue weighted by Gasteiger charge is -2.15. The third-order valence-corrected chi connectivity index (χ3v) is 13.2. The highest BCUT2D eigenvalue weighted by molar-refractivity contribution is 6.26. The molecule has 0 bridgehead atoms. The van der Waals surface area contributed by atoms with Gasteiger partial charge in [0.15, 0.2) is 5.82 Å². The minimum absolute atomic E-state index is 0.697. The average Bonchev–Trinajstić information content (AvgIpc) is 3.85. The highest BCUT2D eigenvalue weighted by Crippen LogP contribution is 2.42. The normalized spacial score (nSPS) is 12.2. The number of rotatable bonds is 3. The Labute approximate surface area is 355 Å². The molecular weight excluding hydrogens is 753 g/mol. The van der Waals surface area contributed by atoms with Gasteiger partial charge in [-0.3, -0.25) is 4.57 Å². The van der Waals surface area contributed by atoms with Crippen molar-refractivity contribution in [2.45, 2.75) is 0 Å². The number of para-hydroxylation sites is 2. The summed E-state index contributed by atoms with van der Waals surface area (Å²) in [4.78, 5) is 10.9. The van der Waals surface area contributed by atoms with Gasteiger partial charge >= 0.3 is 0 Å². The summed E-state index contributed by atoms with van der Waals surface area (Å²) in [5, 5.41) is 18.1. The molecule has 14 rings (SSSR count). The van der Waals surface area contributed by atoms with Crippen LogP contribution in [0.5, 0.6) is 0 Å². The van der Waals surface area contributed by atoms with Crippen molar-refractivity contribution in [3.8, 4) is 22.9 Å². The fourth-order valence-electron chi connectivity index (χ4n) is 10.5. The molecule has 0 saturated carbocycles. The Kier molecular flexibility index (Phi) is 6.80. The van der Waals surface area contributed by atoms with Crippen LogP contribution in [-0.2, 0) is 0 Å². The van der Waals surface area contributed by atoms with E-state index >= 15 is 0 Å². The average molecular weight is 787 g/mol. The van der Waals surface area contributed by atoms with Gasteiger partial charge in [0.2, 0.25) is 0 Å². The van der Waals surface area contributed by atoms with E-state index in [4.69, 9.17) is 9.97 Å². The maximum Gasteiger partial charge on any atom is 0.162 e. The SMILES string of the molecule is c1ccc2cc3c(cc2c1)c1cc(-n2c4ccccc4c4ccc5ccccc5c42)ccc1n3-c1nc(-c2ccc3c4ccccc4c4ccccc4c3c2)nc2ccccc12. The van der Waals surface area contributed by atoms with Gasteiger partial charge in [0.25, 0.3) is 0 Å². The lowest BCUT2D eigenvalue weighted by molar-refractivity contribution is 1.08. The van der Waals surface area contributed by atoms with Crippen LogP contribution in [-0.4, -0.2) is 19.1 Å². The zero-order valence-corrected chi connectivity index (χ0v) is 33.4. The standard InChI is InChI=1S/C58H34N4/c1-2-15-37-33-55-50(31-36(37)14-1)51-34-39(61-53-24-12-10-21-46(53)47-29-25-35-13-3-4-16-40(35)56(47)61)27-30-54(51)62(55)58-48-22-9-11-23-52(48)59-57(60-58)38-26-28-45-43-19-6-5-17-41(43)42-18-7-8-20-44(42)49(45)32-38/h1-34H. The molecule has 62 heavy (non-hydrogen) atoms. The molecule has 0 atom stereocenters. The van der Waals surface area contributed by atoms with Crippen LogP contribution in [0.2, 0.25) is 0 Å². The van der Waals surface area contributed by atoms with Crippen LogP contribution in [0, 0.1) is 0 Å². The van der Waals surface area contributed by atoms with Crippen molar-refractivity contribution >= 4 is 108 Å². The van der Waals surface area contributed by atoms with E-state index < -0.39 is 0 Å². The summed E-state index contributed by atoms with van der Waals surface area (Å²) in [5.74, 6) is 1.56. The van der Waals surface area contributed by atoms with E-state index in [0.29, 0.717) is 5.82 Å². The highest BCUT2D eigenvalue weighted by Gasteiger charge is 2.21. The van der Waals surface area contributed by atoms with Crippen LogP contribution < -0.4 is 0 Å². The van der Waals surface area contributed by atoms with E-state index in [1.54, 1.807) is 0 Å². The van der Waals surface area contributed by atoms with Crippen molar-refractivity contribution in [1.82, 2.24) is 19.1 Å². The maximum absolute atomic E-state index is 5.58. The number of hydrogen-bond donors (Lipinski definition) is 0. The molecule has 0 unspecified atom stereocenters.